The van der Waals surface area contributed by atoms with E-state index in [1.165, 1.54) is 0 Å². The zero-order valence-corrected chi connectivity index (χ0v) is 9.80. The van der Waals surface area contributed by atoms with Gasteiger partial charge in [0, 0.05) is 13.7 Å². The second-order valence-corrected chi connectivity index (χ2v) is 3.56. The van der Waals surface area contributed by atoms with Crippen LogP contribution in [0.1, 0.15) is 6.42 Å². The second-order valence-electron chi connectivity index (χ2n) is 2.49. The number of hydrogen-bond donors (Lipinski definition) is 0. The molecule has 0 aromatic carbocycles. The molecule has 9 heteroatoms. The van der Waals surface area contributed by atoms with E-state index in [1.807, 2.05) is 0 Å². The van der Waals surface area contributed by atoms with Crippen molar-refractivity contribution in [2.45, 2.75) is 16.9 Å². The molecular formula is C7H11Cl2F5O2. The second kappa shape index (κ2) is 9.21. The zero-order valence-electron chi connectivity index (χ0n) is 8.29. The number of alkyl halides is 6. The average molecular weight is 293 g/mol. The van der Waals surface area contributed by atoms with Crippen LogP contribution in [0.15, 0.2) is 0 Å². The number of halogens is 7. The molecule has 0 amide bonds. The van der Waals surface area contributed by atoms with Crippen LogP contribution >= 0.6 is 23.2 Å². The summed E-state index contributed by atoms with van der Waals surface area (Å²) in [5.74, 6) is 0. The first-order chi connectivity index (χ1) is 7.22. The predicted molar refractivity (Wildman–Crippen MR) is 50.0 cm³/mol. The van der Waals surface area contributed by atoms with Gasteiger partial charge >= 0.3 is 5.38 Å². The predicted octanol–water partition coefficient (Wildman–Crippen LogP) is 3.62. The first kappa shape index (κ1) is 18.5. The van der Waals surface area contributed by atoms with Crippen LogP contribution in [0.5, 0.6) is 0 Å². The minimum absolute atomic E-state index is 0.270. The molecule has 100 valence electrons. The maximum absolute atomic E-state index is 12.1. The molecule has 0 saturated heterocycles. The van der Waals surface area contributed by atoms with Gasteiger partial charge in [-0.2, -0.15) is 13.7 Å². The summed E-state index contributed by atoms with van der Waals surface area (Å²) >= 11 is 8.52. The molecule has 16 heavy (non-hydrogen) atoms. The smallest absolute Gasteiger partial charge is 0.371 e. The van der Waals surface area contributed by atoms with Gasteiger partial charge in [-0.25, -0.2) is 4.39 Å². The Labute approximate surface area is 99.5 Å². The first-order valence-electron chi connectivity index (χ1n) is 3.96. The van der Waals surface area contributed by atoms with Crippen LogP contribution in [0.3, 0.4) is 0 Å². The fourth-order valence-electron chi connectivity index (χ4n) is 0.349. The first-order valence-corrected chi connectivity index (χ1v) is 4.71. The summed E-state index contributed by atoms with van der Waals surface area (Å²) < 4.78 is 62.0. The molecule has 1 atom stereocenters. The van der Waals surface area contributed by atoms with Crippen LogP contribution in [0.25, 0.3) is 0 Å². The topological polar surface area (TPSA) is 18.5 Å². The molecule has 0 saturated carbocycles. The van der Waals surface area contributed by atoms with E-state index in [2.05, 4.69) is 32.9 Å². The van der Waals surface area contributed by atoms with Crippen molar-refractivity contribution in [1.82, 2.24) is 0 Å². The lowest BCUT2D eigenvalue weighted by Gasteiger charge is -2.19. The molecule has 2 nitrogen and oxygen atoms in total. The molecule has 0 spiro atoms. The Morgan fingerprint density at radius 3 is 1.81 bits per heavy atom. The van der Waals surface area contributed by atoms with Crippen LogP contribution in [0.2, 0.25) is 0 Å². The van der Waals surface area contributed by atoms with Crippen molar-refractivity contribution in [2.24, 2.45) is 0 Å². The molecule has 0 radical (unpaired) electrons. The fraction of sp³-hybridized carbons (Fsp3) is 1.00. The zero-order chi connectivity index (χ0) is 13.2. The standard InChI is InChI=1S/C4H9FO.C3H2Cl2F4O/c1-6-4-2-3-5;4-2(6,1-10-9)3(5,7)8/h2-4H2,1H3;1H2. The Hall–Kier alpha value is 0.150. The van der Waals surface area contributed by atoms with Gasteiger partial charge < -0.3 is 4.74 Å². The molecule has 0 aliphatic rings. The van der Waals surface area contributed by atoms with Crippen LogP contribution in [0, 0.1) is 0 Å². The molecule has 0 rings (SSSR count). The molecule has 0 aromatic heterocycles. The van der Waals surface area contributed by atoms with Crippen molar-refractivity contribution in [3.63, 3.8) is 0 Å². The summed E-state index contributed by atoms with van der Waals surface area (Å²) in [5.41, 5.74) is 0. The fourth-order valence-corrected chi connectivity index (χ4v) is 0.445. The third-order valence-corrected chi connectivity index (χ3v) is 1.88. The van der Waals surface area contributed by atoms with E-state index in [1.54, 1.807) is 7.11 Å². The monoisotopic (exact) mass is 292 g/mol. The Bertz CT molecular complexity index is 161. The van der Waals surface area contributed by atoms with Crippen molar-refractivity contribution in [3.05, 3.63) is 0 Å². The molecule has 0 aliphatic carbocycles. The summed E-state index contributed by atoms with van der Waals surface area (Å²) in [5, 5.41) is -8.05. The molecule has 0 N–H and O–H groups in total. The van der Waals surface area contributed by atoms with Crippen molar-refractivity contribution in [3.8, 4) is 0 Å². The van der Waals surface area contributed by atoms with E-state index in [9.17, 15) is 22.1 Å². The third-order valence-electron chi connectivity index (χ3n) is 1.13. The van der Waals surface area contributed by atoms with Gasteiger partial charge in [-0.05, 0) is 22.5 Å². The van der Waals surface area contributed by atoms with Crippen LogP contribution in [-0.4, -0.2) is 37.5 Å². The van der Waals surface area contributed by atoms with Gasteiger partial charge in [-0.3, -0.25) is 4.39 Å². The molecule has 0 aliphatic heterocycles. The molecule has 0 fully saturated rings. The number of ether oxygens (including phenoxy) is 1. The van der Waals surface area contributed by atoms with E-state index < -0.39 is 17.1 Å². The lowest BCUT2D eigenvalue weighted by Crippen LogP contribution is -2.37. The molecule has 1 unspecified atom stereocenters. The Balaban J connectivity index is 0. The number of rotatable bonds is 6. The molecule has 0 aromatic rings. The Morgan fingerprint density at radius 1 is 1.19 bits per heavy atom. The van der Waals surface area contributed by atoms with E-state index in [-0.39, 0.29) is 6.67 Å². The van der Waals surface area contributed by atoms with Gasteiger partial charge in [-0.1, -0.05) is 11.6 Å². The third kappa shape index (κ3) is 9.38. The minimum atomic E-state index is -4.35. The largest absolute Gasteiger partial charge is 0.385 e. The highest BCUT2D eigenvalue weighted by Gasteiger charge is 2.53. The van der Waals surface area contributed by atoms with Crippen molar-refractivity contribution >= 4 is 23.2 Å². The lowest BCUT2D eigenvalue weighted by molar-refractivity contribution is -0.179. The summed E-state index contributed by atoms with van der Waals surface area (Å²) in [6, 6.07) is 0. The summed E-state index contributed by atoms with van der Waals surface area (Å²) in [4.78, 5) is 2.56. The number of hydrogen-bond acceptors (Lipinski definition) is 2. The quantitative estimate of drug-likeness (QED) is 0.423. The van der Waals surface area contributed by atoms with E-state index in [0.29, 0.717) is 13.0 Å². The summed E-state index contributed by atoms with van der Waals surface area (Å²) in [6.45, 7) is -1.35. The summed E-state index contributed by atoms with van der Waals surface area (Å²) in [7, 11) is 1.57. The van der Waals surface area contributed by atoms with Crippen molar-refractivity contribution in [1.29, 1.82) is 0 Å². The van der Waals surface area contributed by atoms with Crippen molar-refractivity contribution < 1.29 is 31.8 Å². The van der Waals surface area contributed by atoms with Gasteiger partial charge in [0.1, 0.15) is 6.61 Å². The highest BCUT2D eigenvalue weighted by Crippen LogP contribution is 2.39. The highest BCUT2D eigenvalue weighted by molar-refractivity contribution is 6.32. The van der Waals surface area contributed by atoms with Crippen LogP contribution in [-0.2, 0) is 9.68 Å². The van der Waals surface area contributed by atoms with Crippen molar-refractivity contribution in [2.75, 3.05) is 27.0 Å². The maximum Gasteiger partial charge on any atom is 0.371 e. The average Bonchev–Trinajstić information content (AvgIpc) is 2.14. The maximum atomic E-state index is 12.1. The van der Waals surface area contributed by atoms with Gasteiger partial charge in [0.15, 0.2) is 0 Å². The molecular weight excluding hydrogens is 282 g/mol. The summed E-state index contributed by atoms with van der Waals surface area (Å²) in [6.07, 6.45) is 0.524. The molecule has 0 bridgehead atoms. The normalized spacial score (nSPS) is 15.0. The highest BCUT2D eigenvalue weighted by atomic mass is 35.5. The SMILES string of the molecule is COCCCF.FOCC(F)(Cl)C(F)(F)Cl. The Kier molecular flexibility index (Phi) is 10.7. The van der Waals surface area contributed by atoms with E-state index >= 15 is 0 Å². The number of methoxy groups -OCH3 is 1. The van der Waals surface area contributed by atoms with Gasteiger partial charge in [-0.15, -0.1) is 0 Å². The van der Waals surface area contributed by atoms with Crippen LogP contribution < -0.4 is 0 Å². The van der Waals surface area contributed by atoms with E-state index in [0.717, 1.165) is 0 Å². The van der Waals surface area contributed by atoms with E-state index in [4.69, 9.17) is 0 Å². The lowest BCUT2D eigenvalue weighted by atomic mass is 10.4. The Morgan fingerprint density at radius 2 is 1.69 bits per heavy atom. The minimum Gasteiger partial charge on any atom is -0.385 e. The van der Waals surface area contributed by atoms with Gasteiger partial charge in [0.2, 0.25) is 0 Å². The van der Waals surface area contributed by atoms with Crippen LogP contribution in [0.4, 0.5) is 22.1 Å². The molecule has 0 heterocycles. The van der Waals surface area contributed by atoms with Gasteiger partial charge in [0.05, 0.1) is 6.67 Å². The van der Waals surface area contributed by atoms with Gasteiger partial charge in [0.25, 0.3) is 5.13 Å².